The smallest absolute Gasteiger partial charge is 0.222 e. The van der Waals surface area contributed by atoms with Crippen molar-refractivity contribution < 1.29 is 19.7 Å². The Kier molecular flexibility index (Phi) is 4.95. The van der Waals surface area contributed by atoms with Gasteiger partial charge in [-0.3, -0.25) is 4.79 Å². The summed E-state index contributed by atoms with van der Waals surface area (Å²) in [5.74, 6) is 2.30. The van der Waals surface area contributed by atoms with E-state index in [1.807, 2.05) is 4.90 Å². The van der Waals surface area contributed by atoms with Crippen molar-refractivity contribution in [3.8, 4) is 0 Å². The van der Waals surface area contributed by atoms with Crippen molar-refractivity contribution in [3.63, 3.8) is 0 Å². The number of carbonyl (C=O) groups is 1. The molecule has 12 atom stereocenters. The van der Waals surface area contributed by atoms with Gasteiger partial charge in [-0.15, -0.1) is 0 Å². The maximum Gasteiger partial charge on any atom is 0.222 e. The normalized spacial score (nSPS) is 59.0. The van der Waals surface area contributed by atoms with Crippen LogP contribution in [0.5, 0.6) is 0 Å². The number of aliphatic hydroxyl groups excluding tert-OH is 2. The highest BCUT2D eigenvalue weighted by Gasteiger charge is 2.84. The molecule has 0 radical (unpaired) electrons. The van der Waals surface area contributed by atoms with Crippen LogP contribution >= 0.6 is 0 Å². The zero-order valence-electron chi connectivity index (χ0n) is 23.3. The van der Waals surface area contributed by atoms with E-state index >= 15 is 0 Å². The van der Waals surface area contributed by atoms with E-state index in [1.54, 1.807) is 0 Å². The summed E-state index contributed by atoms with van der Waals surface area (Å²) in [6, 6.07) is 0. The Morgan fingerprint density at radius 2 is 1.72 bits per heavy atom. The molecule has 5 aliphatic carbocycles. The Morgan fingerprint density at radius 1 is 1.00 bits per heavy atom. The van der Waals surface area contributed by atoms with Gasteiger partial charge in [-0.2, -0.15) is 0 Å². The summed E-state index contributed by atoms with van der Waals surface area (Å²) in [4.78, 5) is 14.3. The molecule has 2 saturated heterocycles. The SMILES string of the molecule is C[C@@H]1CC(CN2CCCC2=O)OC2[C@H]1[C@@]1(C)CC[C@@]34CC35CC[C@H](O)C(C)(C)[C@@H]5CCC4[C@]1(C)[C@H]2O. The average molecular weight is 500 g/mol. The minimum atomic E-state index is -0.439. The van der Waals surface area contributed by atoms with Crippen LogP contribution in [0.25, 0.3) is 0 Å². The molecule has 1 amide bonds. The fraction of sp³-hybridized carbons (Fsp3) is 0.968. The van der Waals surface area contributed by atoms with Crippen LogP contribution in [0.4, 0.5) is 0 Å². The van der Waals surface area contributed by atoms with Crippen molar-refractivity contribution in [1.29, 1.82) is 0 Å². The zero-order valence-corrected chi connectivity index (χ0v) is 23.3. The molecule has 0 bridgehead atoms. The summed E-state index contributed by atoms with van der Waals surface area (Å²) in [6.45, 7) is 13.6. The van der Waals surface area contributed by atoms with Gasteiger partial charge in [-0.1, -0.05) is 34.6 Å². The average Bonchev–Trinajstić information content (AvgIpc) is 3.27. The summed E-state index contributed by atoms with van der Waals surface area (Å²) in [6.07, 6.45) is 10.2. The molecule has 2 spiro atoms. The summed E-state index contributed by atoms with van der Waals surface area (Å²) >= 11 is 0. The molecule has 5 nitrogen and oxygen atoms in total. The molecular weight excluding hydrogens is 450 g/mol. The fourth-order valence-corrected chi connectivity index (χ4v) is 12.7. The molecule has 5 heteroatoms. The standard InChI is InChI=1S/C31H49NO4/c1-18-15-19(16-32-14-6-7-23(32)34)36-25-24(18)28(4)12-13-31-17-30(31)11-10-22(33)27(2,3)20(30)8-9-21(31)29(28,5)26(25)35/h18-22,24-26,33,35H,6-17H2,1-5H3/t18-,19?,20+,21?,22+,24+,25?,26+,28-,29-,30?,31+/m1/s1. The van der Waals surface area contributed by atoms with E-state index in [0.717, 1.165) is 25.8 Å². The molecular formula is C31H49NO4. The molecule has 0 aromatic carbocycles. The fourth-order valence-electron chi connectivity index (χ4n) is 12.7. The minimum Gasteiger partial charge on any atom is -0.393 e. The van der Waals surface area contributed by atoms with Gasteiger partial charge in [-0.25, -0.2) is 0 Å². The summed E-state index contributed by atoms with van der Waals surface area (Å²) in [7, 11) is 0. The second-order valence-electron chi connectivity index (χ2n) is 15.6. The first-order valence-corrected chi connectivity index (χ1v) is 15.2. The van der Waals surface area contributed by atoms with E-state index in [4.69, 9.17) is 4.74 Å². The zero-order chi connectivity index (χ0) is 25.5. The number of hydrogen-bond acceptors (Lipinski definition) is 4. The molecule has 4 unspecified atom stereocenters. The third kappa shape index (κ3) is 2.62. The molecule has 36 heavy (non-hydrogen) atoms. The predicted molar refractivity (Wildman–Crippen MR) is 138 cm³/mol. The first-order valence-electron chi connectivity index (χ1n) is 15.2. The third-order valence-electron chi connectivity index (χ3n) is 14.4. The van der Waals surface area contributed by atoms with Crippen LogP contribution in [0, 0.1) is 50.7 Å². The lowest BCUT2D eigenvalue weighted by Crippen LogP contribution is -2.59. The Morgan fingerprint density at radius 3 is 2.44 bits per heavy atom. The van der Waals surface area contributed by atoms with Gasteiger partial charge >= 0.3 is 0 Å². The lowest BCUT2D eigenvalue weighted by atomic mass is 9.41. The number of ether oxygens (including phenoxy) is 1. The van der Waals surface area contributed by atoms with Gasteiger partial charge < -0.3 is 19.8 Å². The molecule has 2 aliphatic heterocycles. The number of fused-ring (bicyclic) bond motifs is 4. The third-order valence-corrected chi connectivity index (χ3v) is 14.4. The number of nitrogens with zero attached hydrogens (tertiary/aromatic N) is 1. The van der Waals surface area contributed by atoms with Crippen molar-refractivity contribution in [2.45, 2.75) is 123 Å². The predicted octanol–water partition coefficient (Wildman–Crippen LogP) is 4.78. The Balaban J connectivity index is 1.20. The molecule has 5 saturated carbocycles. The quantitative estimate of drug-likeness (QED) is 0.574. The number of rotatable bonds is 2. The van der Waals surface area contributed by atoms with Gasteiger partial charge in [-0.05, 0) is 103 Å². The Labute approximate surface area is 217 Å². The number of amides is 1. The first kappa shape index (κ1) is 24.4. The van der Waals surface area contributed by atoms with Gasteiger partial charge in [0.15, 0.2) is 0 Å². The van der Waals surface area contributed by atoms with E-state index in [-0.39, 0.29) is 40.5 Å². The van der Waals surface area contributed by atoms with Crippen LogP contribution in [0.2, 0.25) is 0 Å². The van der Waals surface area contributed by atoms with Crippen molar-refractivity contribution in [1.82, 2.24) is 4.90 Å². The maximum absolute atomic E-state index is 12.3. The van der Waals surface area contributed by atoms with Gasteiger partial charge in [0.05, 0.1) is 24.4 Å². The van der Waals surface area contributed by atoms with Crippen molar-refractivity contribution >= 4 is 5.91 Å². The van der Waals surface area contributed by atoms with Crippen molar-refractivity contribution in [3.05, 3.63) is 0 Å². The van der Waals surface area contributed by atoms with Crippen LogP contribution in [-0.4, -0.2) is 58.5 Å². The van der Waals surface area contributed by atoms with E-state index in [1.165, 1.54) is 38.5 Å². The number of hydrogen-bond donors (Lipinski definition) is 2. The molecule has 7 rings (SSSR count). The second-order valence-corrected chi connectivity index (χ2v) is 15.6. The minimum absolute atomic E-state index is 0.00545. The molecule has 0 aromatic heterocycles. The first-order chi connectivity index (χ1) is 16.9. The largest absolute Gasteiger partial charge is 0.393 e. The van der Waals surface area contributed by atoms with E-state index in [0.29, 0.717) is 47.5 Å². The van der Waals surface area contributed by atoms with E-state index in [9.17, 15) is 15.0 Å². The van der Waals surface area contributed by atoms with Gasteiger partial charge in [0.1, 0.15) is 0 Å². The lowest BCUT2D eigenvalue weighted by Gasteiger charge is -2.63. The number of carbonyl (C=O) groups excluding carboxylic acids is 1. The van der Waals surface area contributed by atoms with Crippen molar-refractivity contribution in [2.24, 2.45) is 50.7 Å². The molecule has 0 aromatic rings. The summed E-state index contributed by atoms with van der Waals surface area (Å²) in [5, 5.41) is 23.2. The number of aliphatic hydroxyl groups is 2. The monoisotopic (exact) mass is 499 g/mol. The van der Waals surface area contributed by atoms with Gasteiger partial charge in [0, 0.05) is 24.9 Å². The topological polar surface area (TPSA) is 70.0 Å². The van der Waals surface area contributed by atoms with Crippen LogP contribution < -0.4 is 0 Å². The van der Waals surface area contributed by atoms with Crippen LogP contribution in [0.15, 0.2) is 0 Å². The van der Waals surface area contributed by atoms with Gasteiger partial charge in [0.25, 0.3) is 0 Å². The highest BCUT2D eigenvalue weighted by Crippen LogP contribution is 2.89. The van der Waals surface area contributed by atoms with Crippen LogP contribution in [-0.2, 0) is 9.53 Å². The summed E-state index contributed by atoms with van der Waals surface area (Å²) < 4.78 is 6.83. The highest BCUT2D eigenvalue weighted by molar-refractivity contribution is 5.78. The molecule has 2 N–H and O–H groups in total. The van der Waals surface area contributed by atoms with Crippen molar-refractivity contribution in [2.75, 3.05) is 13.1 Å². The maximum atomic E-state index is 12.3. The summed E-state index contributed by atoms with van der Waals surface area (Å²) in [5.41, 5.74) is 0.666. The Bertz CT molecular complexity index is 966. The molecule has 7 aliphatic rings. The van der Waals surface area contributed by atoms with Crippen LogP contribution in [0.3, 0.4) is 0 Å². The highest BCUT2D eigenvalue weighted by atomic mass is 16.5. The van der Waals surface area contributed by atoms with E-state index in [2.05, 4.69) is 34.6 Å². The van der Waals surface area contributed by atoms with Crippen LogP contribution in [0.1, 0.15) is 98.8 Å². The lowest BCUT2D eigenvalue weighted by molar-refractivity contribution is -0.182. The number of likely N-dealkylation sites (tertiary alicyclic amines) is 1. The Hall–Kier alpha value is -0.650. The van der Waals surface area contributed by atoms with Gasteiger partial charge in [0.2, 0.25) is 5.91 Å². The second kappa shape index (κ2) is 7.30. The molecule has 2 heterocycles. The van der Waals surface area contributed by atoms with E-state index < -0.39 is 6.10 Å². The molecule has 7 fully saturated rings. The molecule has 202 valence electrons.